The minimum atomic E-state index is 0.0568. The molecule has 0 spiro atoms. The fraction of sp³-hybridized carbons (Fsp3) is 0.667. The van der Waals surface area contributed by atoms with Gasteiger partial charge < -0.3 is 14.5 Å². The molecule has 0 aromatic carbocycles. The summed E-state index contributed by atoms with van der Waals surface area (Å²) in [6.45, 7) is 5.74. The lowest BCUT2D eigenvalue weighted by atomic mass is 9.95. The SMILES string of the molecule is C[C@@H]1COCCN1C(=O)[C@H]1CCCN(c2cnccn2)C1. The van der Waals surface area contributed by atoms with Crippen molar-refractivity contribution < 1.29 is 9.53 Å². The van der Waals surface area contributed by atoms with Crippen LogP contribution in [0, 0.1) is 5.92 Å². The number of morpholine rings is 1. The Morgan fingerprint density at radius 3 is 3.05 bits per heavy atom. The van der Waals surface area contributed by atoms with Gasteiger partial charge in [-0.2, -0.15) is 0 Å². The zero-order valence-electron chi connectivity index (χ0n) is 12.4. The number of hydrogen-bond donors (Lipinski definition) is 0. The zero-order valence-corrected chi connectivity index (χ0v) is 12.4. The third kappa shape index (κ3) is 3.15. The predicted octanol–water partition coefficient (Wildman–Crippen LogP) is 0.940. The summed E-state index contributed by atoms with van der Waals surface area (Å²) in [5.74, 6) is 1.19. The van der Waals surface area contributed by atoms with E-state index in [0.717, 1.165) is 31.7 Å². The predicted molar refractivity (Wildman–Crippen MR) is 79.0 cm³/mol. The van der Waals surface area contributed by atoms with Crippen molar-refractivity contribution in [3.05, 3.63) is 18.6 Å². The molecule has 0 unspecified atom stereocenters. The molecule has 6 nitrogen and oxygen atoms in total. The molecule has 0 bridgehead atoms. The summed E-state index contributed by atoms with van der Waals surface area (Å²) in [4.78, 5) is 25.4. The molecule has 3 rings (SSSR count). The standard InChI is InChI=1S/C15H22N4O2/c1-12-11-21-8-7-19(12)15(20)13-3-2-6-18(10-13)14-9-16-4-5-17-14/h4-5,9,12-13H,2-3,6-8,10-11H2,1H3/t12-,13+/m1/s1. The van der Waals surface area contributed by atoms with E-state index in [-0.39, 0.29) is 17.9 Å². The van der Waals surface area contributed by atoms with Gasteiger partial charge in [-0.05, 0) is 19.8 Å². The zero-order chi connectivity index (χ0) is 14.7. The van der Waals surface area contributed by atoms with Crippen LogP contribution in [0.15, 0.2) is 18.6 Å². The van der Waals surface area contributed by atoms with Gasteiger partial charge in [-0.15, -0.1) is 0 Å². The van der Waals surface area contributed by atoms with E-state index in [1.54, 1.807) is 18.6 Å². The van der Waals surface area contributed by atoms with Crippen LogP contribution < -0.4 is 4.90 Å². The molecule has 21 heavy (non-hydrogen) atoms. The first-order chi connectivity index (χ1) is 10.3. The van der Waals surface area contributed by atoms with Gasteiger partial charge in [0.2, 0.25) is 5.91 Å². The van der Waals surface area contributed by atoms with Crippen LogP contribution >= 0.6 is 0 Å². The highest BCUT2D eigenvalue weighted by atomic mass is 16.5. The highest BCUT2D eigenvalue weighted by molar-refractivity contribution is 5.80. The summed E-state index contributed by atoms with van der Waals surface area (Å²) in [5.41, 5.74) is 0. The van der Waals surface area contributed by atoms with Gasteiger partial charge >= 0.3 is 0 Å². The summed E-state index contributed by atoms with van der Waals surface area (Å²) in [6, 6.07) is 0.179. The van der Waals surface area contributed by atoms with Crippen LogP contribution in [-0.4, -0.2) is 59.7 Å². The Morgan fingerprint density at radius 2 is 2.29 bits per heavy atom. The first-order valence-corrected chi connectivity index (χ1v) is 7.65. The summed E-state index contributed by atoms with van der Waals surface area (Å²) >= 11 is 0. The number of hydrogen-bond acceptors (Lipinski definition) is 5. The lowest BCUT2D eigenvalue weighted by Crippen LogP contribution is -2.52. The van der Waals surface area contributed by atoms with E-state index in [9.17, 15) is 4.79 Å². The fourth-order valence-corrected chi connectivity index (χ4v) is 3.13. The molecule has 1 aromatic rings. The first kappa shape index (κ1) is 14.3. The van der Waals surface area contributed by atoms with Crippen molar-refractivity contribution in [1.29, 1.82) is 0 Å². The molecule has 0 radical (unpaired) electrons. The van der Waals surface area contributed by atoms with E-state index >= 15 is 0 Å². The van der Waals surface area contributed by atoms with E-state index in [2.05, 4.69) is 21.8 Å². The molecule has 0 N–H and O–H groups in total. The maximum atomic E-state index is 12.7. The van der Waals surface area contributed by atoms with Gasteiger partial charge in [-0.25, -0.2) is 4.98 Å². The van der Waals surface area contributed by atoms with Crippen molar-refractivity contribution in [2.45, 2.75) is 25.8 Å². The van der Waals surface area contributed by atoms with E-state index < -0.39 is 0 Å². The monoisotopic (exact) mass is 290 g/mol. The molecule has 2 atom stereocenters. The van der Waals surface area contributed by atoms with Crippen molar-refractivity contribution in [2.75, 3.05) is 37.7 Å². The van der Waals surface area contributed by atoms with Gasteiger partial charge in [-0.1, -0.05) is 0 Å². The van der Waals surface area contributed by atoms with Gasteiger partial charge in [-0.3, -0.25) is 9.78 Å². The molecule has 0 saturated carbocycles. The highest BCUT2D eigenvalue weighted by Crippen LogP contribution is 2.23. The molecule has 2 saturated heterocycles. The van der Waals surface area contributed by atoms with Crippen LogP contribution in [0.3, 0.4) is 0 Å². The average molecular weight is 290 g/mol. The summed E-state index contributed by atoms with van der Waals surface area (Å²) in [7, 11) is 0. The molecule has 6 heteroatoms. The Morgan fingerprint density at radius 1 is 1.38 bits per heavy atom. The summed E-state index contributed by atoms with van der Waals surface area (Å²) in [6.07, 6.45) is 7.12. The fourth-order valence-electron chi connectivity index (χ4n) is 3.13. The molecule has 2 aliphatic heterocycles. The normalized spacial score (nSPS) is 26.7. The first-order valence-electron chi connectivity index (χ1n) is 7.65. The van der Waals surface area contributed by atoms with Crippen molar-refractivity contribution in [1.82, 2.24) is 14.9 Å². The Bertz CT molecular complexity index is 482. The van der Waals surface area contributed by atoms with Crippen molar-refractivity contribution in [3.63, 3.8) is 0 Å². The lowest BCUT2D eigenvalue weighted by molar-refractivity contribution is -0.143. The van der Waals surface area contributed by atoms with Crippen LogP contribution in [-0.2, 0) is 9.53 Å². The minimum absolute atomic E-state index is 0.0568. The second-order valence-corrected chi connectivity index (χ2v) is 5.80. The maximum absolute atomic E-state index is 12.7. The number of aromatic nitrogens is 2. The Balaban J connectivity index is 1.67. The molecule has 2 aliphatic rings. The molecular formula is C15H22N4O2. The van der Waals surface area contributed by atoms with Crippen LogP contribution in [0.2, 0.25) is 0 Å². The molecule has 2 fully saturated rings. The summed E-state index contributed by atoms with van der Waals surface area (Å²) < 4.78 is 5.42. The summed E-state index contributed by atoms with van der Waals surface area (Å²) in [5, 5.41) is 0. The second-order valence-electron chi connectivity index (χ2n) is 5.80. The second kappa shape index (κ2) is 6.39. The van der Waals surface area contributed by atoms with Gasteiger partial charge in [0.25, 0.3) is 0 Å². The molecule has 0 aliphatic carbocycles. The van der Waals surface area contributed by atoms with Crippen LogP contribution in [0.1, 0.15) is 19.8 Å². The van der Waals surface area contributed by atoms with Crippen LogP contribution in [0.25, 0.3) is 0 Å². The van der Waals surface area contributed by atoms with Gasteiger partial charge in [0.1, 0.15) is 5.82 Å². The van der Waals surface area contributed by atoms with Crippen LogP contribution in [0.5, 0.6) is 0 Å². The van der Waals surface area contributed by atoms with E-state index in [4.69, 9.17) is 4.74 Å². The third-order valence-corrected chi connectivity index (χ3v) is 4.29. The number of nitrogens with zero attached hydrogens (tertiary/aromatic N) is 4. The van der Waals surface area contributed by atoms with Crippen molar-refractivity contribution in [2.24, 2.45) is 5.92 Å². The number of anilines is 1. The van der Waals surface area contributed by atoms with Crippen molar-refractivity contribution >= 4 is 11.7 Å². The molecular weight excluding hydrogens is 268 g/mol. The van der Waals surface area contributed by atoms with Gasteiger partial charge in [0, 0.05) is 32.0 Å². The van der Waals surface area contributed by atoms with Crippen molar-refractivity contribution in [3.8, 4) is 0 Å². The highest BCUT2D eigenvalue weighted by Gasteiger charge is 2.33. The van der Waals surface area contributed by atoms with E-state index in [1.807, 2.05) is 4.90 Å². The quantitative estimate of drug-likeness (QED) is 0.811. The third-order valence-electron chi connectivity index (χ3n) is 4.29. The Labute approximate surface area is 125 Å². The number of amides is 1. The largest absolute Gasteiger partial charge is 0.377 e. The molecule has 1 aromatic heterocycles. The number of carbonyl (C=O) groups excluding carboxylic acids is 1. The van der Waals surface area contributed by atoms with Gasteiger partial charge in [0.05, 0.1) is 31.4 Å². The van der Waals surface area contributed by atoms with Crippen LogP contribution in [0.4, 0.5) is 5.82 Å². The number of ether oxygens (including phenoxy) is 1. The number of piperidine rings is 1. The Kier molecular flexibility index (Phi) is 4.34. The number of carbonyl (C=O) groups is 1. The Hall–Kier alpha value is -1.69. The average Bonchev–Trinajstić information content (AvgIpc) is 2.56. The minimum Gasteiger partial charge on any atom is -0.377 e. The smallest absolute Gasteiger partial charge is 0.227 e. The molecule has 3 heterocycles. The van der Waals surface area contributed by atoms with Gasteiger partial charge in [0.15, 0.2) is 0 Å². The maximum Gasteiger partial charge on any atom is 0.227 e. The molecule has 1 amide bonds. The number of rotatable bonds is 2. The lowest BCUT2D eigenvalue weighted by Gasteiger charge is -2.39. The molecule has 114 valence electrons. The van der Waals surface area contributed by atoms with E-state index in [0.29, 0.717) is 19.8 Å². The topological polar surface area (TPSA) is 58.6 Å². The van der Waals surface area contributed by atoms with E-state index in [1.165, 1.54) is 0 Å².